The van der Waals surface area contributed by atoms with Gasteiger partial charge in [0.2, 0.25) is 15.2 Å². The van der Waals surface area contributed by atoms with E-state index in [0.717, 1.165) is 29.7 Å². The number of piperidine rings is 1. The first-order valence-electron chi connectivity index (χ1n) is 10.0. The Morgan fingerprint density at radius 3 is 2.58 bits per heavy atom. The van der Waals surface area contributed by atoms with Crippen LogP contribution in [0.25, 0.3) is 11.3 Å². The van der Waals surface area contributed by atoms with Crippen molar-refractivity contribution in [3.8, 4) is 11.3 Å². The zero-order valence-corrected chi connectivity index (χ0v) is 19.4. The van der Waals surface area contributed by atoms with Crippen LogP contribution in [0.4, 0.5) is 5.13 Å². The number of hydrazone groups is 1. The van der Waals surface area contributed by atoms with E-state index in [4.69, 9.17) is 11.6 Å². The summed E-state index contributed by atoms with van der Waals surface area (Å²) in [5.74, 6) is 0.579. The van der Waals surface area contributed by atoms with Crippen LogP contribution in [0.2, 0.25) is 5.02 Å². The van der Waals surface area contributed by atoms with Crippen LogP contribution in [0.15, 0.2) is 63.9 Å². The van der Waals surface area contributed by atoms with Gasteiger partial charge in [-0.25, -0.2) is 13.4 Å². The third-order valence-electron chi connectivity index (χ3n) is 5.30. The highest BCUT2D eigenvalue weighted by Crippen LogP contribution is 2.28. The number of benzene rings is 2. The second kappa shape index (κ2) is 9.48. The SMILES string of the molecule is CC1CCN(S(=O)(=O)c2ccc(-c3csc(NN=Cc4ccccc4Cl)n3)cc2)CC1. The van der Waals surface area contributed by atoms with E-state index in [9.17, 15) is 8.42 Å². The van der Waals surface area contributed by atoms with Gasteiger partial charge in [0, 0.05) is 34.6 Å². The molecule has 1 N–H and O–H groups in total. The van der Waals surface area contributed by atoms with Crippen molar-refractivity contribution >= 4 is 44.3 Å². The van der Waals surface area contributed by atoms with Gasteiger partial charge in [-0.3, -0.25) is 5.43 Å². The molecule has 2 heterocycles. The Kier molecular flexibility index (Phi) is 6.71. The van der Waals surface area contributed by atoms with Gasteiger partial charge in [-0.2, -0.15) is 9.41 Å². The number of thiazole rings is 1. The van der Waals surface area contributed by atoms with Crippen molar-refractivity contribution in [2.24, 2.45) is 11.0 Å². The molecule has 6 nitrogen and oxygen atoms in total. The van der Waals surface area contributed by atoms with Crippen LogP contribution in [0.5, 0.6) is 0 Å². The van der Waals surface area contributed by atoms with E-state index in [1.165, 1.54) is 11.3 Å². The number of nitrogens with zero attached hydrogens (tertiary/aromatic N) is 3. The van der Waals surface area contributed by atoms with Gasteiger partial charge in [-0.15, -0.1) is 11.3 Å². The van der Waals surface area contributed by atoms with E-state index in [1.54, 1.807) is 40.9 Å². The summed E-state index contributed by atoms with van der Waals surface area (Å²) in [4.78, 5) is 4.85. The summed E-state index contributed by atoms with van der Waals surface area (Å²) in [5, 5.41) is 7.36. The third-order valence-corrected chi connectivity index (χ3v) is 8.31. The summed E-state index contributed by atoms with van der Waals surface area (Å²) in [6, 6.07) is 14.3. The van der Waals surface area contributed by atoms with E-state index in [0.29, 0.717) is 34.1 Å². The Morgan fingerprint density at radius 2 is 1.87 bits per heavy atom. The number of aromatic nitrogens is 1. The summed E-state index contributed by atoms with van der Waals surface area (Å²) < 4.78 is 27.4. The first-order valence-corrected chi connectivity index (χ1v) is 12.7. The van der Waals surface area contributed by atoms with Gasteiger partial charge in [-0.05, 0) is 37.0 Å². The fourth-order valence-electron chi connectivity index (χ4n) is 3.37. The number of hydrogen-bond acceptors (Lipinski definition) is 6. The zero-order valence-electron chi connectivity index (χ0n) is 17.0. The molecule has 0 atom stereocenters. The molecule has 4 rings (SSSR count). The number of halogens is 1. The molecule has 0 radical (unpaired) electrons. The van der Waals surface area contributed by atoms with Gasteiger partial charge in [0.15, 0.2) is 0 Å². The van der Waals surface area contributed by atoms with Crippen molar-refractivity contribution in [1.82, 2.24) is 9.29 Å². The van der Waals surface area contributed by atoms with Crippen molar-refractivity contribution in [3.05, 3.63) is 64.5 Å². The van der Waals surface area contributed by atoms with Crippen molar-refractivity contribution in [1.29, 1.82) is 0 Å². The Balaban J connectivity index is 1.43. The van der Waals surface area contributed by atoms with Crippen molar-refractivity contribution < 1.29 is 8.42 Å². The smallest absolute Gasteiger partial charge is 0.243 e. The Hall–Kier alpha value is -2.26. The van der Waals surface area contributed by atoms with E-state index in [2.05, 4.69) is 22.4 Å². The lowest BCUT2D eigenvalue weighted by Gasteiger charge is -2.29. The molecule has 0 bridgehead atoms. The maximum Gasteiger partial charge on any atom is 0.243 e. The largest absolute Gasteiger partial charge is 0.253 e. The van der Waals surface area contributed by atoms with Crippen molar-refractivity contribution in [2.45, 2.75) is 24.7 Å². The molecule has 1 saturated heterocycles. The van der Waals surface area contributed by atoms with Crippen LogP contribution in [0.3, 0.4) is 0 Å². The highest BCUT2D eigenvalue weighted by atomic mass is 35.5. The first kappa shape index (κ1) is 22.0. The Labute approximate surface area is 191 Å². The van der Waals surface area contributed by atoms with E-state index in [-0.39, 0.29) is 0 Å². The molecular weight excluding hydrogens is 452 g/mol. The summed E-state index contributed by atoms with van der Waals surface area (Å²) >= 11 is 7.53. The van der Waals surface area contributed by atoms with Crippen LogP contribution in [0.1, 0.15) is 25.3 Å². The molecule has 3 aromatic rings. The minimum atomic E-state index is -3.45. The first-order chi connectivity index (χ1) is 14.9. The molecule has 1 aromatic heterocycles. The Bertz CT molecular complexity index is 1170. The van der Waals surface area contributed by atoms with Gasteiger partial charge in [-0.1, -0.05) is 48.9 Å². The van der Waals surface area contributed by atoms with E-state index < -0.39 is 10.0 Å². The second-order valence-electron chi connectivity index (χ2n) is 7.54. The number of rotatable bonds is 6. The van der Waals surface area contributed by atoms with Gasteiger partial charge >= 0.3 is 0 Å². The quantitative estimate of drug-likeness (QED) is 0.387. The highest BCUT2D eigenvalue weighted by Gasteiger charge is 2.27. The van der Waals surface area contributed by atoms with Crippen LogP contribution in [-0.4, -0.2) is 37.0 Å². The standard InChI is InChI=1S/C22H23ClN4O2S2/c1-16-10-12-27(13-11-16)31(28,29)19-8-6-17(7-9-19)21-15-30-22(25-21)26-24-14-18-4-2-3-5-20(18)23/h2-9,14-16H,10-13H2,1H3,(H,25,26). The van der Waals surface area contributed by atoms with Crippen LogP contribution in [-0.2, 0) is 10.0 Å². The summed E-state index contributed by atoms with van der Waals surface area (Å²) in [5.41, 5.74) is 5.33. The predicted octanol–water partition coefficient (Wildman–Crippen LogP) is 5.33. The van der Waals surface area contributed by atoms with E-state index in [1.807, 2.05) is 23.6 Å². The van der Waals surface area contributed by atoms with Crippen molar-refractivity contribution in [3.63, 3.8) is 0 Å². The molecule has 0 unspecified atom stereocenters. The predicted molar refractivity (Wildman–Crippen MR) is 127 cm³/mol. The molecule has 0 aliphatic carbocycles. The van der Waals surface area contributed by atoms with Gasteiger partial charge in [0.1, 0.15) is 0 Å². The topological polar surface area (TPSA) is 74.7 Å². The summed E-state index contributed by atoms with van der Waals surface area (Å²) in [7, 11) is -3.45. The highest BCUT2D eigenvalue weighted by molar-refractivity contribution is 7.89. The Morgan fingerprint density at radius 1 is 1.16 bits per heavy atom. The molecule has 31 heavy (non-hydrogen) atoms. The van der Waals surface area contributed by atoms with Crippen LogP contribution < -0.4 is 5.43 Å². The van der Waals surface area contributed by atoms with Gasteiger partial charge < -0.3 is 0 Å². The molecule has 1 aliphatic heterocycles. The number of sulfonamides is 1. The molecule has 1 aliphatic rings. The fraction of sp³-hybridized carbons (Fsp3) is 0.273. The molecule has 1 fully saturated rings. The maximum atomic E-state index is 12.9. The number of anilines is 1. The minimum Gasteiger partial charge on any atom is -0.253 e. The third kappa shape index (κ3) is 5.15. The van der Waals surface area contributed by atoms with Crippen LogP contribution >= 0.6 is 22.9 Å². The van der Waals surface area contributed by atoms with Crippen molar-refractivity contribution in [2.75, 3.05) is 18.5 Å². The molecule has 0 saturated carbocycles. The van der Waals surface area contributed by atoms with Gasteiger partial charge in [0.05, 0.1) is 16.8 Å². The fourth-order valence-corrected chi connectivity index (χ4v) is 5.69. The zero-order chi connectivity index (χ0) is 21.8. The lowest BCUT2D eigenvalue weighted by atomic mass is 10.0. The number of hydrogen-bond donors (Lipinski definition) is 1. The minimum absolute atomic E-state index is 0.323. The summed E-state index contributed by atoms with van der Waals surface area (Å²) in [6.07, 6.45) is 3.46. The lowest BCUT2D eigenvalue weighted by molar-refractivity contribution is 0.288. The molecule has 0 spiro atoms. The average molecular weight is 475 g/mol. The van der Waals surface area contributed by atoms with E-state index >= 15 is 0 Å². The average Bonchev–Trinajstić information content (AvgIpc) is 3.24. The molecule has 9 heteroatoms. The number of nitrogens with one attached hydrogen (secondary N) is 1. The monoisotopic (exact) mass is 474 g/mol. The molecule has 0 amide bonds. The van der Waals surface area contributed by atoms with Crippen LogP contribution in [0, 0.1) is 5.92 Å². The molecule has 2 aromatic carbocycles. The normalized spacial score (nSPS) is 16.1. The van der Waals surface area contributed by atoms with Gasteiger partial charge in [0.25, 0.3) is 0 Å². The lowest BCUT2D eigenvalue weighted by Crippen LogP contribution is -2.37. The summed E-state index contributed by atoms with van der Waals surface area (Å²) in [6.45, 7) is 3.33. The second-order valence-corrected chi connectivity index (χ2v) is 10.7. The maximum absolute atomic E-state index is 12.9. The molecular formula is C22H23ClN4O2S2. The molecule has 162 valence electrons.